The summed E-state index contributed by atoms with van der Waals surface area (Å²) >= 11 is 1.09. The number of hydrogen-bond donors (Lipinski definition) is 2. The number of nitrogens with one attached hydrogen (secondary N) is 2. The molecule has 0 bridgehead atoms. The number of nitrogens with zero attached hydrogens (tertiary/aromatic N) is 4. The first-order valence-electron chi connectivity index (χ1n) is 13.8. The first-order valence-corrected chi connectivity index (χ1v) is 14.7. The third kappa shape index (κ3) is 6.04. The molecule has 14 heteroatoms. The Labute approximate surface area is 250 Å². The fourth-order valence-corrected chi connectivity index (χ4v) is 7.00. The number of morpholine rings is 1. The average Bonchev–Trinajstić information content (AvgIpc) is 3.48. The molecule has 3 aromatic rings. The van der Waals surface area contributed by atoms with Gasteiger partial charge >= 0.3 is 12.1 Å². The molecule has 2 atom stereocenters. The maximum atomic E-state index is 13.3. The third-order valence-corrected chi connectivity index (χ3v) is 8.95. The second-order valence-corrected chi connectivity index (χ2v) is 12.5. The van der Waals surface area contributed by atoms with Gasteiger partial charge in [-0.25, -0.2) is 4.79 Å². The van der Waals surface area contributed by atoms with Gasteiger partial charge in [0.2, 0.25) is 0 Å². The molecule has 10 nitrogen and oxygen atoms in total. The zero-order chi connectivity index (χ0) is 30.5. The lowest BCUT2D eigenvalue weighted by molar-refractivity contribution is -0.243. The van der Waals surface area contributed by atoms with Crippen LogP contribution >= 0.6 is 11.8 Å². The van der Waals surface area contributed by atoms with E-state index in [4.69, 9.17) is 9.57 Å². The number of fused-ring (bicyclic) bond motifs is 1. The summed E-state index contributed by atoms with van der Waals surface area (Å²) in [5.41, 5.74) is 2.45. The zero-order valence-electron chi connectivity index (χ0n) is 23.8. The van der Waals surface area contributed by atoms with E-state index in [1.54, 1.807) is 13.8 Å². The summed E-state index contributed by atoms with van der Waals surface area (Å²) in [6, 6.07) is 13.6. The zero-order valence-corrected chi connectivity index (χ0v) is 24.6. The number of amides is 1. The highest BCUT2D eigenvalue weighted by Crippen LogP contribution is 2.46. The fourth-order valence-electron chi connectivity index (χ4n) is 5.66. The van der Waals surface area contributed by atoms with E-state index in [9.17, 15) is 22.8 Å². The van der Waals surface area contributed by atoms with Gasteiger partial charge < -0.3 is 20.2 Å². The van der Waals surface area contributed by atoms with E-state index in [1.165, 1.54) is 0 Å². The molecule has 1 fully saturated rings. The molecule has 2 aromatic carbocycles. The summed E-state index contributed by atoms with van der Waals surface area (Å²) in [6.07, 6.45) is -2.67. The Morgan fingerprint density at radius 2 is 2.02 bits per heavy atom. The van der Waals surface area contributed by atoms with E-state index in [2.05, 4.69) is 15.7 Å². The summed E-state index contributed by atoms with van der Waals surface area (Å²) in [6.45, 7) is 4.57. The molecule has 0 saturated carbocycles. The Balaban J connectivity index is 1.23. The van der Waals surface area contributed by atoms with Crippen LogP contribution in [0.15, 0.2) is 59.3 Å². The minimum atomic E-state index is -5.19. The smallest absolute Gasteiger partial charge is 0.378 e. The molecular formula is C29H31F3N6O4S. The second kappa shape index (κ2) is 11.1. The number of carbonyl (C=O) groups excluding carboxylic acids is 2. The number of rotatable bonds is 6. The van der Waals surface area contributed by atoms with Crippen molar-refractivity contribution in [1.82, 2.24) is 25.1 Å². The number of alkyl halides is 3. The van der Waals surface area contributed by atoms with Crippen LogP contribution in [-0.2, 0) is 32.6 Å². The molecule has 3 aliphatic heterocycles. The van der Waals surface area contributed by atoms with E-state index in [0.717, 1.165) is 44.7 Å². The van der Waals surface area contributed by atoms with Crippen molar-refractivity contribution >= 4 is 45.9 Å². The van der Waals surface area contributed by atoms with Gasteiger partial charge in [-0.1, -0.05) is 23.9 Å². The van der Waals surface area contributed by atoms with Crippen LogP contribution in [0.5, 0.6) is 0 Å². The van der Waals surface area contributed by atoms with Crippen LogP contribution < -0.4 is 10.6 Å². The normalized spacial score (nSPS) is 22.5. The molecular weight excluding hydrogens is 585 g/mol. The molecule has 2 N–H and O–H groups in total. The van der Waals surface area contributed by atoms with Gasteiger partial charge in [0.15, 0.2) is 5.50 Å². The molecule has 2 unspecified atom stereocenters. The van der Waals surface area contributed by atoms with E-state index < -0.39 is 29.1 Å². The lowest BCUT2D eigenvalue weighted by Gasteiger charge is -2.42. The average molecular weight is 617 g/mol. The van der Waals surface area contributed by atoms with Gasteiger partial charge in [-0.15, -0.1) is 0 Å². The van der Waals surface area contributed by atoms with Gasteiger partial charge in [-0.3, -0.25) is 14.4 Å². The molecule has 3 aliphatic rings. The Kier molecular flexibility index (Phi) is 7.55. The minimum Gasteiger partial charge on any atom is -0.378 e. The van der Waals surface area contributed by atoms with Gasteiger partial charge in [0.1, 0.15) is 0 Å². The van der Waals surface area contributed by atoms with Gasteiger partial charge in [0.25, 0.3) is 5.91 Å². The number of halogens is 3. The fraction of sp³-hybridized carbons (Fsp3) is 0.414. The van der Waals surface area contributed by atoms with Crippen molar-refractivity contribution in [2.24, 2.45) is 7.05 Å². The molecule has 1 saturated heterocycles. The molecule has 228 valence electrons. The summed E-state index contributed by atoms with van der Waals surface area (Å²) in [7, 11) is 1.89. The van der Waals surface area contributed by atoms with Crippen molar-refractivity contribution in [3.8, 4) is 0 Å². The van der Waals surface area contributed by atoms with Crippen molar-refractivity contribution in [3.63, 3.8) is 0 Å². The van der Waals surface area contributed by atoms with Crippen molar-refractivity contribution < 1.29 is 32.3 Å². The van der Waals surface area contributed by atoms with Gasteiger partial charge in [0.05, 0.1) is 35.5 Å². The number of hydrogen-bond acceptors (Lipinski definition) is 9. The van der Waals surface area contributed by atoms with E-state index >= 15 is 0 Å². The maximum absolute atomic E-state index is 13.3. The quantitative estimate of drug-likeness (QED) is 0.417. The van der Waals surface area contributed by atoms with E-state index in [-0.39, 0.29) is 23.1 Å². The van der Waals surface area contributed by atoms with Crippen LogP contribution in [0.2, 0.25) is 0 Å². The van der Waals surface area contributed by atoms with Crippen molar-refractivity contribution in [2.75, 3.05) is 25.1 Å². The monoisotopic (exact) mass is 616 g/mol. The third-order valence-electron chi connectivity index (χ3n) is 7.62. The highest BCUT2D eigenvalue weighted by atomic mass is 32.2. The number of benzene rings is 2. The number of thioether (sulfide) groups is 1. The van der Waals surface area contributed by atoms with Gasteiger partial charge in [-0.05, 0) is 56.2 Å². The lowest BCUT2D eigenvalue weighted by Crippen LogP contribution is -2.56. The predicted molar refractivity (Wildman–Crippen MR) is 155 cm³/mol. The first kappa shape index (κ1) is 29.3. The number of aromatic nitrogens is 2. The Morgan fingerprint density at radius 1 is 1.23 bits per heavy atom. The molecule has 0 aliphatic carbocycles. The number of carbonyl (C=O) groups is 2. The number of anilines is 2. The summed E-state index contributed by atoms with van der Waals surface area (Å²) in [4.78, 5) is 32.2. The Hall–Kier alpha value is -3.75. The highest BCUT2D eigenvalue weighted by Gasteiger charge is 2.51. The van der Waals surface area contributed by atoms with Crippen LogP contribution in [0.25, 0.3) is 10.9 Å². The topological polar surface area (TPSA) is 101 Å². The van der Waals surface area contributed by atoms with Crippen LogP contribution in [0.3, 0.4) is 0 Å². The SMILES string of the molecule is Cn1ncc2cc(Nc3cccc(CC4COCCN4C4SC5=C(CC(C)(C)NC5=O)N4OC(=O)C(F)(F)F)c3)ccc21. The molecule has 0 spiro atoms. The largest absolute Gasteiger partial charge is 0.493 e. The second-order valence-electron chi connectivity index (χ2n) is 11.5. The summed E-state index contributed by atoms with van der Waals surface area (Å²) in [5.74, 6) is -2.73. The number of hydroxylamine groups is 2. The van der Waals surface area contributed by atoms with Crippen LogP contribution in [0, 0.1) is 0 Å². The lowest BCUT2D eigenvalue weighted by atomic mass is 9.94. The number of aryl methyl sites for hydroxylation is 1. The Bertz CT molecular complexity index is 1610. The van der Waals surface area contributed by atoms with Gasteiger partial charge in [-0.2, -0.15) is 23.3 Å². The van der Waals surface area contributed by atoms with E-state index in [1.807, 2.05) is 65.3 Å². The van der Waals surface area contributed by atoms with Crippen molar-refractivity contribution in [2.45, 2.75) is 49.9 Å². The predicted octanol–water partition coefficient (Wildman–Crippen LogP) is 4.42. The highest BCUT2D eigenvalue weighted by molar-refractivity contribution is 8.04. The molecule has 0 radical (unpaired) electrons. The molecule has 1 aromatic heterocycles. The van der Waals surface area contributed by atoms with Crippen molar-refractivity contribution in [3.05, 3.63) is 64.8 Å². The van der Waals surface area contributed by atoms with Crippen LogP contribution in [0.4, 0.5) is 24.5 Å². The molecule has 4 heterocycles. The summed E-state index contributed by atoms with van der Waals surface area (Å²) < 4.78 is 47.5. The molecule has 1 amide bonds. The van der Waals surface area contributed by atoms with Crippen LogP contribution in [-0.4, -0.2) is 74.6 Å². The minimum absolute atomic E-state index is 0.205. The first-order chi connectivity index (χ1) is 20.4. The van der Waals surface area contributed by atoms with Crippen LogP contribution in [0.1, 0.15) is 25.8 Å². The standard InChI is InChI=1S/C29H31F3N6O4S/c1-28(2)14-23-24(25(39)35-28)43-27(38(23)42-26(40)29(30,31)32)37-9-10-41-16-21(37)12-17-5-4-6-19(11-17)34-20-7-8-22-18(13-20)15-33-36(22)3/h4-8,11,13,15,21,27,34H,9-10,12,14,16H2,1-3H3,(H,35,39). The van der Waals surface area contributed by atoms with Gasteiger partial charge in [0, 0.05) is 48.4 Å². The molecule has 43 heavy (non-hydrogen) atoms. The summed E-state index contributed by atoms with van der Waals surface area (Å²) in [5, 5.41) is 12.6. The maximum Gasteiger partial charge on any atom is 0.493 e. The van der Waals surface area contributed by atoms with E-state index in [0.29, 0.717) is 26.2 Å². The Morgan fingerprint density at radius 3 is 2.81 bits per heavy atom. The molecule has 6 rings (SSSR count). The number of ether oxygens (including phenoxy) is 1. The van der Waals surface area contributed by atoms with Crippen molar-refractivity contribution in [1.29, 1.82) is 0 Å².